The molecule has 0 radical (unpaired) electrons. The first-order chi connectivity index (χ1) is 24.6. The average Bonchev–Trinajstić information content (AvgIpc) is 3.47. The van der Waals surface area contributed by atoms with Crippen LogP contribution in [-0.2, 0) is 17.6 Å². The van der Waals surface area contributed by atoms with Gasteiger partial charge in [0.1, 0.15) is 5.82 Å². The van der Waals surface area contributed by atoms with Gasteiger partial charge in [-0.25, -0.2) is 9.18 Å². The first-order valence-corrected chi connectivity index (χ1v) is 19.0. The molecule has 2 aromatic heterocycles. The Morgan fingerprint density at radius 2 is 1.35 bits per heavy atom. The Morgan fingerprint density at radius 1 is 0.725 bits per heavy atom. The minimum Gasteiger partial charge on any atom is -0.400 e. The lowest BCUT2D eigenvalue weighted by Crippen LogP contribution is -2.66. The maximum atomic E-state index is 14.3. The Kier molecular flexibility index (Phi) is 9.01. The third-order valence-corrected chi connectivity index (χ3v) is 14.5. The zero-order chi connectivity index (χ0) is 35.8. The molecule has 0 aliphatic rings. The van der Waals surface area contributed by atoms with E-state index in [1.807, 2.05) is 79.7 Å². The lowest BCUT2D eigenvalue weighted by molar-refractivity contribution is 0.270. The quantitative estimate of drug-likeness (QED) is 0.150. The topological polar surface area (TPSA) is 71.0 Å². The molecule has 9 heteroatoms. The van der Waals surface area contributed by atoms with E-state index >= 15 is 0 Å². The third kappa shape index (κ3) is 6.09. The number of nitrogens with zero attached hydrogens (tertiary/aromatic N) is 4. The second-order valence-electron chi connectivity index (χ2n) is 13.6. The number of hydrogen-bond acceptors (Lipinski definition) is 4. The summed E-state index contributed by atoms with van der Waals surface area (Å²) in [5.41, 5.74) is 1.98. The molecular formula is C42H39FN4O3Si. The lowest BCUT2D eigenvalue weighted by Gasteiger charge is -2.42. The molecule has 2 heterocycles. The monoisotopic (exact) mass is 694 g/mol. The van der Waals surface area contributed by atoms with Gasteiger partial charge in [-0.15, -0.1) is 5.10 Å². The molecular weight excluding hydrogens is 656 g/mol. The number of fused-ring (bicyclic) bond motifs is 1. The highest BCUT2D eigenvalue weighted by Gasteiger charge is 2.50. The molecule has 5 aromatic carbocycles. The van der Waals surface area contributed by atoms with Crippen molar-refractivity contribution in [2.24, 2.45) is 0 Å². The number of rotatable bonds is 9. The Morgan fingerprint density at radius 3 is 1.94 bits per heavy atom. The summed E-state index contributed by atoms with van der Waals surface area (Å²) in [5, 5.41) is 7.98. The number of benzene rings is 5. The smallest absolute Gasteiger partial charge is 0.350 e. The number of aromatic nitrogens is 4. The van der Waals surface area contributed by atoms with Crippen LogP contribution in [-0.4, -0.2) is 27.2 Å². The molecule has 51 heavy (non-hydrogen) atoms. The summed E-state index contributed by atoms with van der Waals surface area (Å²) in [7, 11) is -2.90. The van der Waals surface area contributed by atoms with Crippen LogP contribution in [0.4, 0.5) is 4.39 Å². The molecule has 0 N–H and O–H groups in total. The van der Waals surface area contributed by atoms with Crippen LogP contribution in [0.2, 0.25) is 5.04 Å². The molecule has 0 bridgehead atoms. The van der Waals surface area contributed by atoms with Gasteiger partial charge in [-0.3, -0.25) is 13.9 Å². The fourth-order valence-electron chi connectivity index (χ4n) is 7.09. The van der Waals surface area contributed by atoms with Crippen molar-refractivity contribution < 1.29 is 8.82 Å². The Balaban J connectivity index is 1.35. The van der Waals surface area contributed by atoms with E-state index in [1.165, 1.54) is 21.4 Å². The molecule has 7 nitrogen and oxygen atoms in total. The van der Waals surface area contributed by atoms with Crippen LogP contribution in [0.5, 0.6) is 0 Å². The van der Waals surface area contributed by atoms with Crippen LogP contribution in [0.3, 0.4) is 0 Å². The Labute approximate surface area is 297 Å². The molecule has 0 saturated carbocycles. The molecule has 0 amide bonds. The van der Waals surface area contributed by atoms with Gasteiger partial charge in [-0.05, 0) is 69.7 Å². The zero-order valence-corrected chi connectivity index (χ0v) is 30.1. The Bertz CT molecular complexity index is 2410. The van der Waals surface area contributed by atoms with E-state index in [1.54, 1.807) is 35.0 Å². The standard InChI is InChI=1S/C42H39FN4O3Si/c1-5-45-39(29-50-51(42(2,3)4,34-20-11-7-12-21-34)35-22-13-8-14-23-35)44-47(41(45)49)33-24-25-36-37(27-33)38(30-16-9-6-10-17-30)28-46(40(36)48)32-19-15-18-31(43)26-32/h6-28H,5,29H2,1-4H3. The minimum atomic E-state index is -2.90. The maximum absolute atomic E-state index is 14.3. The van der Waals surface area contributed by atoms with E-state index in [9.17, 15) is 14.0 Å². The highest BCUT2D eigenvalue weighted by Crippen LogP contribution is 2.37. The molecule has 256 valence electrons. The Hall–Kier alpha value is -5.64. The van der Waals surface area contributed by atoms with Crippen LogP contribution in [0.15, 0.2) is 149 Å². The van der Waals surface area contributed by atoms with Gasteiger partial charge in [0.05, 0.1) is 18.0 Å². The SMILES string of the molecule is CCn1c(CO[Si](c2ccccc2)(c2ccccc2)C(C)(C)C)nn(-c2ccc3c(=O)n(-c4cccc(F)c4)cc(-c4ccccc4)c3c2)c1=O. The molecule has 0 unspecified atom stereocenters. The number of pyridine rings is 1. The number of hydrogen-bond donors (Lipinski definition) is 0. The minimum absolute atomic E-state index is 0.130. The summed E-state index contributed by atoms with van der Waals surface area (Å²) in [5.74, 6) is 0.0807. The van der Waals surface area contributed by atoms with Crippen molar-refractivity contribution in [2.45, 2.75) is 45.9 Å². The summed E-state index contributed by atoms with van der Waals surface area (Å²) in [6.45, 7) is 9.09. The normalized spacial score (nSPS) is 12.0. The van der Waals surface area contributed by atoms with Gasteiger partial charge in [0.2, 0.25) is 0 Å². The van der Waals surface area contributed by atoms with Gasteiger partial charge in [0.15, 0.2) is 5.82 Å². The maximum Gasteiger partial charge on any atom is 0.350 e. The van der Waals surface area contributed by atoms with Crippen LogP contribution in [0, 0.1) is 5.82 Å². The molecule has 0 saturated heterocycles. The van der Waals surface area contributed by atoms with E-state index in [-0.39, 0.29) is 22.9 Å². The van der Waals surface area contributed by atoms with Crippen molar-refractivity contribution in [3.8, 4) is 22.5 Å². The zero-order valence-electron chi connectivity index (χ0n) is 29.1. The van der Waals surface area contributed by atoms with Gasteiger partial charge in [-0.1, -0.05) is 118 Å². The lowest BCUT2D eigenvalue weighted by atomic mass is 10.00. The van der Waals surface area contributed by atoms with Gasteiger partial charge in [0, 0.05) is 23.7 Å². The van der Waals surface area contributed by atoms with E-state index < -0.39 is 14.1 Å². The molecule has 0 fully saturated rings. The third-order valence-electron chi connectivity index (χ3n) is 9.51. The van der Waals surface area contributed by atoms with Crippen molar-refractivity contribution in [1.29, 1.82) is 0 Å². The fraction of sp³-hybridized carbons (Fsp3) is 0.167. The number of halogens is 1. The summed E-state index contributed by atoms with van der Waals surface area (Å²) >= 11 is 0. The van der Waals surface area contributed by atoms with Crippen LogP contribution in [0.1, 0.15) is 33.5 Å². The molecule has 0 spiro atoms. The van der Waals surface area contributed by atoms with Gasteiger partial charge >= 0.3 is 5.69 Å². The molecule has 7 aromatic rings. The van der Waals surface area contributed by atoms with Crippen molar-refractivity contribution in [1.82, 2.24) is 18.9 Å². The average molecular weight is 695 g/mol. The largest absolute Gasteiger partial charge is 0.400 e. The van der Waals surface area contributed by atoms with Crippen molar-refractivity contribution in [3.63, 3.8) is 0 Å². The highest BCUT2D eigenvalue weighted by molar-refractivity contribution is 6.99. The van der Waals surface area contributed by atoms with Crippen LogP contribution in [0.25, 0.3) is 33.3 Å². The van der Waals surface area contributed by atoms with Crippen molar-refractivity contribution in [2.75, 3.05) is 0 Å². The second kappa shape index (κ2) is 13.6. The molecule has 0 atom stereocenters. The second-order valence-corrected chi connectivity index (χ2v) is 17.9. The summed E-state index contributed by atoms with van der Waals surface area (Å²) in [4.78, 5) is 27.9. The summed E-state index contributed by atoms with van der Waals surface area (Å²) < 4.78 is 25.9. The van der Waals surface area contributed by atoms with Gasteiger partial charge in [-0.2, -0.15) is 4.68 Å². The predicted molar refractivity (Wildman–Crippen MR) is 204 cm³/mol. The molecule has 0 aliphatic carbocycles. The first kappa shape index (κ1) is 33.8. The first-order valence-electron chi connectivity index (χ1n) is 17.1. The summed E-state index contributed by atoms with van der Waals surface area (Å²) in [6, 6.07) is 41.7. The van der Waals surface area contributed by atoms with Gasteiger partial charge in [0.25, 0.3) is 13.9 Å². The summed E-state index contributed by atoms with van der Waals surface area (Å²) in [6.07, 6.45) is 1.73. The fourth-order valence-corrected chi connectivity index (χ4v) is 11.6. The molecule has 0 aliphatic heterocycles. The van der Waals surface area contributed by atoms with Gasteiger partial charge < -0.3 is 4.43 Å². The van der Waals surface area contributed by atoms with Crippen molar-refractivity contribution in [3.05, 3.63) is 172 Å². The van der Waals surface area contributed by atoms with Crippen molar-refractivity contribution >= 4 is 29.5 Å². The highest BCUT2D eigenvalue weighted by atomic mass is 28.4. The van der Waals surface area contributed by atoms with E-state index in [2.05, 4.69) is 45.0 Å². The molecule has 7 rings (SSSR count). The van der Waals surface area contributed by atoms with Crippen LogP contribution >= 0.6 is 0 Å². The van der Waals surface area contributed by atoms with E-state index in [0.717, 1.165) is 21.5 Å². The predicted octanol–water partition coefficient (Wildman–Crippen LogP) is 7.24. The van der Waals surface area contributed by atoms with Crippen LogP contribution < -0.4 is 21.6 Å². The van der Waals surface area contributed by atoms with E-state index in [4.69, 9.17) is 9.52 Å². The van der Waals surface area contributed by atoms with E-state index in [0.29, 0.717) is 34.5 Å².